The summed E-state index contributed by atoms with van der Waals surface area (Å²) >= 11 is 4.95. The summed E-state index contributed by atoms with van der Waals surface area (Å²) in [6.07, 6.45) is 2.42. The molecule has 11 heavy (non-hydrogen) atoms. The molecule has 0 fully saturated rings. The summed E-state index contributed by atoms with van der Waals surface area (Å²) < 4.78 is 0.763. The van der Waals surface area contributed by atoms with Crippen LogP contribution in [0.5, 0.6) is 0 Å². The second-order valence-electron chi connectivity index (χ2n) is 2.33. The van der Waals surface area contributed by atoms with E-state index >= 15 is 0 Å². The summed E-state index contributed by atoms with van der Waals surface area (Å²) in [5, 5.41) is 0. The van der Waals surface area contributed by atoms with Gasteiger partial charge in [0.15, 0.2) is 0 Å². The van der Waals surface area contributed by atoms with E-state index in [-0.39, 0.29) is 28.0 Å². The Bertz CT molecular complexity index is 103. The molecular formula is C7H17CuNS2. The third kappa shape index (κ3) is 7.13. The Morgan fingerprint density at radius 3 is 1.82 bits per heavy atom. The third-order valence-corrected chi connectivity index (χ3v) is 4.67. The first-order valence-corrected chi connectivity index (χ1v) is 5.88. The van der Waals surface area contributed by atoms with Crippen molar-refractivity contribution in [2.45, 2.75) is 26.7 Å². The fourth-order valence-electron chi connectivity index (χ4n) is 0.872. The van der Waals surface area contributed by atoms with Crippen molar-refractivity contribution in [3.05, 3.63) is 0 Å². The smallest absolute Gasteiger partial charge is 0.111 e. The van der Waals surface area contributed by atoms with E-state index in [0.29, 0.717) is 0 Å². The van der Waals surface area contributed by atoms with E-state index in [2.05, 4.69) is 13.8 Å². The fourth-order valence-corrected chi connectivity index (χ4v) is 3.16. The minimum absolute atomic E-state index is 0. The summed E-state index contributed by atoms with van der Waals surface area (Å²) in [6, 6.07) is 0. The number of thiol groups is 1. The molecular weight excluding hydrogens is 226 g/mol. The predicted molar refractivity (Wildman–Crippen MR) is 56.1 cm³/mol. The zero-order chi connectivity index (χ0) is 7.98. The molecule has 73 valence electrons. The van der Waals surface area contributed by atoms with Crippen molar-refractivity contribution in [3.63, 3.8) is 0 Å². The molecule has 0 unspecified atom stereocenters. The minimum Gasteiger partial charge on any atom is -0.386 e. The van der Waals surface area contributed by atoms with Crippen LogP contribution in [0.4, 0.5) is 0 Å². The van der Waals surface area contributed by atoms with Crippen molar-refractivity contribution in [2.75, 3.05) is 11.5 Å². The largest absolute Gasteiger partial charge is 0.386 e. The van der Waals surface area contributed by atoms with Crippen molar-refractivity contribution in [1.29, 1.82) is 0 Å². The topological polar surface area (TPSA) is 26.0 Å². The van der Waals surface area contributed by atoms with Crippen LogP contribution in [0.1, 0.15) is 26.7 Å². The van der Waals surface area contributed by atoms with Gasteiger partial charge < -0.3 is 5.73 Å². The minimum atomic E-state index is -0.111. The van der Waals surface area contributed by atoms with E-state index in [1.165, 1.54) is 24.3 Å². The van der Waals surface area contributed by atoms with Crippen LogP contribution in [-0.4, -0.2) is 15.8 Å². The third-order valence-electron chi connectivity index (χ3n) is 1.30. The Labute approximate surface area is 88.3 Å². The molecule has 0 spiro atoms. The number of rotatable bonds is 4. The molecule has 0 rings (SSSR count). The first-order chi connectivity index (χ1) is 4.72. The molecule has 0 heterocycles. The van der Waals surface area contributed by atoms with Gasteiger partial charge in [0, 0.05) is 17.1 Å². The molecule has 0 aliphatic carbocycles. The second kappa shape index (κ2) is 8.85. The van der Waals surface area contributed by atoms with Gasteiger partial charge in [-0.3, -0.25) is 0 Å². The summed E-state index contributed by atoms with van der Waals surface area (Å²) in [5.41, 5.74) is 5.57. The van der Waals surface area contributed by atoms with E-state index in [4.69, 9.17) is 18.0 Å². The van der Waals surface area contributed by atoms with Gasteiger partial charge in [0.05, 0.1) is 0 Å². The monoisotopic (exact) mass is 242 g/mol. The molecule has 2 N–H and O–H groups in total. The van der Waals surface area contributed by atoms with Crippen LogP contribution in [0, 0.1) is 0 Å². The number of thiocarbonyl (C=S) groups is 1. The normalized spacial score (nSPS) is 10.2. The van der Waals surface area contributed by atoms with E-state index in [0.717, 1.165) is 4.32 Å². The maximum Gasteiger partial charge on any atom is 0.111 e. The predicted octanol–water partition coefficient (Wildman–Crippen LogP) is 2.05. The van der Waals surface area contributed by atoms with Gasteiger partial charge in [0.25, 0.3) is 0 Å². The molecule has 0 aromatic heterocycles. The Morgan fingerprint density at radius 2 is 1.64 bits per heavy atom. The first kappa shape index (κ1) is 14.3. The van der Waals surface area contributed by atoms with E-state index in [1.807, 2.05) is 0 Å². The summed E-state index contributed by atoms with van der Waals surface area (Å²) in [5.74, 6) is 2.44. The molecule has 0 saturated heterocycles. The van der Waals surface area contributed by atoms with Crippen molar-refractivity contribution in [1.82, 2.24) is 0 Å². The molecule has 1 radical (unpaired) electrons. The molecule has 0 aliphatic rings. The van der Waals surface area contributed by atoms with Crippen LogP contribution >= 0.6 is 23.1 Å². The van der Waals surface area contributed by atoms with Crippen molar-refractivity contribution in [3.8, 4) is 0 Å². The van der Waals surface area contributed by atoms with Crippen LogP contribution < -0.4 is 5.73 Å². The SMILES string of the molecule is CCC[SH](CCC)C(N)=S.[Cu]. The zero-order valence-corrected chi connectivity index (χ0v) is 9.72. The molecule has 0 atom stereocenters. The Morgan fingerprint density at radius 1 is 1.27 bits per heavy atom. The average molecular weight is 243 g/mol. The van der Waals surface area contributed by atoms with Gasteiger partial charge in [-0.25, -0.2) is 10.9 Å². The molecule has 4 heteroatoms. The molecule has 0 amide bonds. The van der Waals surface area contributed by atoms with E-state index in [9.17, 15) is 0 Å². The van der Waals surface area contributed by atoms with Gasteiger partial charge in [0.2, 0.25) is 0 Å². The summed E-state index contributed by atoms with van der Waals surface area (Å²) in [4.78, 5) is 0. The van der Waals surface area contributed by atoms with Crippen LogP contribution in [0.15, 0.2) is 0 Å². The van der Waals surface area contributed by atoms with Gasteiger partial charge in [0.1, 0.15) is 4.32 Å². The number of hydrogen-bond acceptors (Lipinski definition) is 1. The van der Waals surface area contributed by atoms with Crippen molar-refractivity contribution < 1.29 is 17.1 Å². The molecule has 0 saturated carbocycles. The summed E-state index contributed by atoms with van der Waals surface area (Å²) in [7, 11) is -0.111. The van der Waals surface area contributed by atoms with Gasteiger partial charge in [-0.1, -0.05) is 26.1 Å². The Kier molecular flexibility index (Phi) is 11.5. The molecule has 0 aromatic carbocycles. The van der Waals surface area contributed by atoms with Crippen LogP contribution in [0.3, 0.4) is 0 Å². The molecule has 0 bridgehead atoms. The van der Waals surface area contributed by atoms with Gasteiger partial charge >= 0.3 is 0 Å². The zero-order valence-electron chi connectivity index (χ0n) is 7.06. The number of nitrogens with two attached hydrogens (primary N) is 1. The van der Waals surface area contributed by atoms with Gasteiger partial charge in [-0.2, -0.15) is 0 Å². The van der Waals surface area contributed by atoms with Crippen LogP contribution in [0.2, 0.25) is 0 Å². The van der Waals surface area contributed by atoms with Gasteiger partial charge in [-0.05, 0) is 24.3 Å². The molecule has 0 aromatic rings. The fraction of sp³-hybridized carbons (Fsp3) is 0.857. The van der Waals surface area contributed by atoms with E-state index < -0.39 is 0 Å². The Hall–Kier alpha value is 0.759. The van der Waals surface area contributed by atoms with Crippen LogP contribution in [-0.2, 0) is 17.1 Å². The standard InChI is InChI=1S/C7H17NS2.Cu/c1-3-5-10(6-4-2)7(8)9;/h10H,3-6H2,1-2H3,(H2,8,9);. The summed E-state index contributed by atoms with van der Waals surface area (Å²) in [6.45, 7) is 4.37. The second-order valence-corrected chi connectivity index (χ2v) is 5.52. The molecule has 0 aliphatic heterocycles. The average Bonchev–Trinajstić information content (AvgIpc) is 1.87. The number of hydrogen-bond donors (Lipinski definition) is 2. The molecule has 1 nitrogen and oxygen atoms in total. The van der Waals surface area contributed by atoms with Crippen molar-refractivity contribution in [2.24, 2.45) is 5.73 Å². The van der Waals surface area contributed by atoms with Crippen molar-refractivity contribution >= 4 is 27.4 Å². The van der Waals surface area contributed by atoms with E-state index in [1.54, 1.807) is 0 Å². The first-order valence-electron chi connectivity index (χ1n) is 3.76. The maximum atomic E-state index is 5.57. The van der Waals surface area contributed by atoms with Crippen LogP contribution in [0.25, 0.3) is 0 Å². The maximum absolute atomic E-state index is 5.57. The quantitative estimate of drug-likeness (QED) is 0.449. The van der Waals surface area contributed by atoms with Gasteiger partial charge in [-0.15, -0.1) is 0 Å². The Balaban J connectivity index is 0.